The highest BCUT2D eigenvalue weighted by Gasteiger charge is 2.38. The van der Waals surface area contributed by atoms with Crippen molar-refractivity contribution in [3.05, 3.63) is 60.6 Å². The average Bonchev–Trinajstić information content (AvgIpc) is 2.36. The summed E-state index contributed by atoms with van der Waals surface area (Å²) in [6, 6.07) is 9.00. The highest BCUT2D eigenvalue weighted by atomic mass is 16.5. The molecule has 0 bridgehead atoms. The Hall–Kier alpha value is -1.74. The molecule has 0 fully saturated rings. The number of hydrogen-bond donors (Lipinski definition) is 1. The number of rotatable bonds is 5. The number of ether oxygens (including phenoxy) is 2. The standard InChI is InChI=1S/C13H16O3/c1-10(15-3)13(14,11(2)16-4)12-8-6-5-7-9-12/h5-9,14H,1-2H2,3-4H3. The first kappa shape index (κ1) is 12.3. The average molecular weight is 220 g/mol. The topological polar surface area (TPSA) is 38.7 Å². The molecule has 3 nitrogen and oxygen atoms in total. The predicted molar refractivity (Wildman–Crippen MR) is 62.6 cm³/mol. The van der Waals surface area contributed by atoms with Crippen LogP contribution in [0.2, 0.25) is 0 Å². The van der Waals surface area contributed by atoms with E-state index in [9.17, 15) is 5.11 Å². The monoisotopic (exact) mass is 220 g/mol. The molecule has 1 aromatic rings. The van der Waals surface area contributed by atoms with Crippen molar-refractivity contribution >= 4 is 0 Å². The summed E-state index contributed by atoms with van der Waals surface area (Å²) >= 11 is 0. The zero-order chi connectivity index (χ0) is 12.2. The Labute approximate surface area is 95.6 Å². The Balaban J connectivity index is 3.26. The number of hydrogen-bond acceptors (Lipinski definition) is 3. The predicted octanol–water partition coefficient (Wildman–Crippen LogP) is 2.19. The van der Waals surface area contributed by atoms with Crippen LogP contribution in [-0.2, 0) is 15.1 Å². The first-order valence-electron chi connectivity index (χ1n) is 4.82. The summed E-state index contributed by atoms with van der Waals surface area (Å²) in [5.74, 6) is 0.344. The number of benzene rings is 1. The van der Waals surface area contributed by atoms with Crippen molar-refractivity contribution in [2.45, 2.75) is 5.60 Å². The SMILES string of the molecule is C=C(OC)C(O)(C(=C)OC)c1ccccc1. The Morgan fingerprint density at radius 3 is 1.88 bits per heavy atom. The molecule has 0 aromatic heterocycles. The molecule has 0 unspecified atom stereocenters. The van der Waals surface area contributed by atoms with Crippen LogP contribution in [0.25, 0.3) is 0 Å². The fraction of sp³-hybridized carbons (Fsp3) is 0.231. The van der Waals surface area contributed by atoms with Crippen LogP contribution in [0.4, 0.5) is 0 Å². The van der Waals surface area contributed by atoms with Crippen LogP contribution < -0.4 is 0 Å². The minimum Gasteiger partial charge on any atom is -0.498 e. The molecule has 0 atom stereocenters. The normalized spacial score (nSPS) is 10.7. The van der Waals surface area contributed by atoms with E-state index in [1.165, 1.54) is 14.2 Å². The van der Waals surface area contributed by atoms with Crippen molar-refractivity contribution in [1.82, 2.24) is 0 Å². The summed E-state index contributed by atoms with van der Waals surface area (Å²) < 4.78 is 10.0. The maximum atomic E-state index is 10.6. The molecule has 0 aliphatic heterocycles. The van der Waals surface area contributed by atoms with Crippen LogP contribution in [0.15, 0.2) is 55.0 Å². The van der Waals surface area contributed by atoms with E-state index in [2.05, 4.69) is 13.2 Å². The van der Waals surface area contributed by atoms with Gasteiger partial charge in [0.2, 0.25) is 5.60 Å². The molecule has 1 N–H and O–H groups in total. The van der Waals surface area contributed by atoms with Gasteiger partial charge in [0, 0.05) is 0 Å². The van der Waals surface area contributed by atoms with Gasteiger partial charge in [0.25, 0.3) is 0 Å². The summed E-state index contributed by atoms with van der Waals surface area (Å²) in [4.78, 5) is 0. The fourth-order valence-electron chi connectivity index (χ4n) is 1.45. The lowest BCUT2D eigenvalue weighted by molar-refractivity contribution is 0.00787. The summed E-state index contributed by atoms with van der Waals surface area (Å²) in [6.45, 7) is 7.36. The molecular formula is C13H16O3. The highest BCUT2D eigenvalue weighted by Crippen LogP contribution is 2.35. The smallest absolute Gasteiger partial charge is 0.203 e. The maximum Gasteiger partial charge on any atom is 0.203 e. The van der Waals surface area contributed by atoms with E-state index in [4.69, 9.17) is 9.47 Å². The van der Waals surface area contributed by atoms with Crippen molar-refractivity contribution in [3.8, 4) is 0 Å². The lowest BCUT2D eigenvalue weighted by Gasteiger charge is -2.30. The van der Waals surface area contributed by atoms with Gasteiger partial charge in [-0.15, -0.1) is 0 Å². The molecule has 0 aliphatic carbocycles. The van der Waals surface area contributed by atoms with E-state index in [1.807, 2.05) is 18.2 Å². The second-order valence-electron chi connectivity index (χ2n) is 3.33. The van der Waals surface area contributed by atoms with Crippen molar-refractivity contribution in [2.24, 2.45) is 0 Å². The molecule has 3 heteroatoms. The third-order valence-electron chi connectivity index (χ3n) is 2.49. The van der Waals surface area contributed by atoms with E-state index >= 15 is 0 Å². The first-order valence-corrected chi connectivity index (χ1v) is 4.82. The minimum atomic E-state index is -1.52. The Bertz CT molecular complexity index is 365. The molecular weight excluding hydrogens is 204 g/mol. The second kappa shape index (κ2) is 4.86. The van der Waals surface area contributed by atoms with Gasteiger partial charge in [0.05, 0.1) is 14.2 Å². The van der Waals surface area contributed by atoms with Crippen LogP contribution in [0.1, 0.15) is 5.56 Å². The van der Waals surface area contributed by atoms with Gasteiger partial charge in [0.15, 0.2) is 0 Å². The van der Waals surface area contributed by atoms with Crippen LogP contribution in [0, 0.1) is 0 Å². The minimum absolute atomic E-state index is 0.172. The molecule has 1 aromatic carbocycles. The zero-order valence-corrected chi connectivity index (χ0v) is 9.56. The largest absolute Gasteiger partial charge is 0.498 e. The van der Waals surface area contributed by atoms with E-state index in [0.29, 0.717) is 5.56 Å². The van der Waals surface area contributed by atoms with Crippen LogP contribution in [-0.4, -0.2) is 19.3 Å². The van der Waals surface area contributed by atoms with Crippen LogP contribution >= 0.6 is 0 Å². The Morgan fingerprint density at radius 1 is 1.06 bits per heavy atom. The van der Waals surface area contributed by atoms with E-state index in [0.717, 1.165) is 0 Å². The van der Waals surface area contributed by atoms with Crippen molar-refractivity contribution in [2.75, 3.05) is 14.2 Å². The molecule has 0 saturated heterocycles. The van der Waals surface area contributed by atoms with Crippen LogP contribution in [0.5, 0.6) is 0 Å². The lowest BCUT2D eigenvalue weighted by Crippen LogP contribution is -2.31. The second-order valence-corrected chi connectivity index (χ2v) is 3.33. The van der Waals surface area contributed by atoms with Gasteiger partial charge in [-0.05, 0) is 5.56 Å². The summed E-state index contributed by atoms with van der Waals surface area (Å²) in [5.41, 5.74) is -0.918. The third-order valence-corrected chi connectivity index (χ3v) is 2.49. The van der Waals surface area contributed by atoms with Gasteiger partial charge in [-0.2, -0.15) is 0 Å². The quantitative estimate of drug-likeness (QED) is 0.773. The Morgan fingerprint density at radius 2 is 1.50 bits per heavy atom. The highest BCUT2D eigenvalue weighted by molar-refractivity contribution is 5.36. The molecule has 0 heterocycles. The van der Waals surface area contributed by atoms with Crippen molar-refractivity contribution in [3.63, 3.8) is 0 Å². The Kier molecular flexibility index (Phi) is 3.74. The number of aliphatic hydroxyl groups is 1. The van der Waals surface area contributed by atoms with Gasteiger partial charge in [-0.1, -0.05) is 43.5 Å². The molecule has 0 radical (unpaired) electrons. The summed E-state index contributed by atoms with van der Waals surface area (Å²) in [7, 11) is 2.89. The molecule has 1 rings (SSSR count). The van der Waals surface area contributed by atoms with Gasteiger partial charge in [0.1, 0.15) is 11.5 Å². The fourth-order valence-corrected chi connectivity index (χ4v) is 1.45. The van der Waals surface area contributed by atoms with Gasteiger partial charge >= 0.3 is 0 Å². The maximum absolute atomic E-state index is 10.6. The van der Waals surface area contributed by atoms with Gasteiger partial charge in [-0.3, -0.25) is 0 Å². The lowest BCUT2D eigenvalue weighted by atomic mass is 9.90. The van der Waals surface area contributed by atoms with Gasteiger partial charge < -0.3 is 14.6 Å². The van der Waals surface area contributed by atoms with Crippen LogP contribution in [0.3, 0.4) is 0 Å². The molecule has 0 spiro atoms. The van der Waals surface area contributed by atoms with Crippen molar-refractivity contribution < 1.29 is 14.6 Å². The van der Waals surface area contributed by atoms with E-state index < -0.39 is 5.60 Å². The summed E-state index contributed by atoms with van der Waals surface area (Å²) in [6.07, 6.45) is 0. The molecule has 0 aliphatic rings. The number of methoxy groups -OCH3 is 2. The molecule has 16 heavy (non-hydrogen) atoms. The zero-order valence-electron chi connectivity index (χ0n) is 9.56. The molecule has 0 saturated carbocycles. The first-order chi connectivity index (χ1) is 7.57. The van der Waals surface area contributed by atoms with Crippen molar-refractivity contribution in [1.29, 1.82) is 0 Å². The molecule has 86 valence electrons. The van der Waals surface area contributed by atoms with E-state index in [1.54, 1.807) is 12.1 Å². The van der Waals surface area contributed by atoms with E-state index in [-0.39, 0.29) is 11.5 Å². The summed E-state index contributed by atoms with van der Waals surface area (Å²) in [5, 5.41) is 10.6. The third kappa shape index (κ3) is 1.95. The molecule has 0 amide bonds. The van der Waals surface area contributed by atoms with Gasteiger partial charge in [-0.25, -0.2) is 0 Å².